The van der Waals surface area contributed by atoms with Crippen molar-refractivity contribution < 1.29 is 9.53 Å². The normalized spacial score (nSPS) is 13.7. The fraction of sp³-hybridized carbons (Fsp3) is 0.444. The molecular weight excluding hydrogens is 290 g/mol. The van der Waals surface area contributed by atoms with Gasteiger partial charge in [0.1, 0.15) is 5.75 Å². The maximum Gasteiger partial charge on any atom is 0.254 e. The van der Waals surface area contributed by atoms with Gasteiger partial charge in [-0.05, 0) is 30.7 Å². The highest BCUT2D eigenvalue weighted by molar-refractivity contribution is 5.94. The van der Waals surface area contributed by atoms with Gasteiger partial charge >= 0.3 is 0 Å². The van der Waals surface area contributed by atoms with Crippen molar-refractivity contribution in [2.75, 3.05) is 13.2 Å². The number of H-pyrrole nitrogens is 1. The van der Waals surface area contributed by atoms with Crippen molar-refractivity contribution in [2.45, 2.75) is 39.2 Å². The molecule has 3 rings (SSSR count). The van der Waals surface area contributed by atoms with Crippen LogP contribution in [-0.2, 0) is 13.0 Å². The van der Waals surface area contributed by atoms with Crippen LogP contribution >= 0.6 is 0 Å². The Labute approximate surface area is 136 Å². The summed E-state index contributed by atoms with van der Waals surface area (Å²) in [5.74, 6) is 0.891. The van der Waals surface area contributed by atoms with E-state index in [-0.39, 0.29) is 5.91 Å². The molecule has 23 heavy (non-hydrogen) atoms. The van der Waals surface area contributed by atoms with E-state index in [9.17, 15) is 4.79 Å². The maximum atomic E-state index is 12.6. The van der Waals surface area contributed by atoms with Crippen LogP contribution < -0.4 is 4.74 Å². The van der Waals surface area contributed by atoms with Gasteiger partial charge in [-0.25, -0.2) is 0 Å². The Morgan fingerprint density at radius 3 is 2.91 bits per heavy atom. The van der Waals surface area contributed by atoms with Gasteiger partial charge in [-0.3, -0.25) is 9.89 Å². The Hall–Kier alpha value is -2.30. The third-order valence-corrected chi connectivity index (χ3v) is 4.21. The highest BCUT2D eigenvalue weighted by atomic mass is 16.5. The molecule has 0 bridgehead atoms. The number of carbonyl (C=O) groups is 1. The number of aromatic nitrogens is 2. The fourth-order valence-corrected chi connectivity index (χ4v) is 2.81. The van der Waals surface area contributed by atoms with E-state index in [0.29, 0.717) is 12.1 Å². The van der Waals surface area contributed by atoms with Crippen molar-refractivity contribution >= 4 is 5.91 Å². The fourth-order valence-electron chi connectivity index (χ4n) is 2.81. The number of rotatable bonds is 6. The lowest BCUT2D eigenvalue weighted by Crippen LogP contribution is -2.35. The van der Waals surface area contributed by atoms with Gasteiger partial charge in [0, 0.05) is 36.3 Å². The molecule has 0 aliphatic carbocycles. The predicted octanol–water partition coefficient (Wildman–Crippen LogP) is 3.18. The molecule has 2 aromatic rings. The van der Waals surface area contributed by atoms with E-state index in [1.54, 1.807) is 0 Å². The van der Waals surface area contributed by atoms with Crippen molar-refractivity contribution in [3.05, 3.63) is 47.3 Å². The first-order valence-corrected chi connectivity index (χ1v) is 8.31. The number of fused-ring (bicyclic) bond motifs is 1. The molecule has 0 spiro atoms. The summed E-state index contributed by atoms with van der Waals surface area (Å²) in [6.07, 6.45) is 6.08. The Morgan fingerprint density at radius 1 is 1.30 bits per heavy atom. The molecule has 0 saturated carbocycles. The molecule has 1 aromatic heterocycles. The number of amides is 1. The van der Waals surface area contributed by atoms with Crippen molar-refractivity contribution in [3.63, 3.8) is 0 Å². The van der Waals surface area contributed by atoms with E-state index in [1.165, 1.54) is 12.8 Å². The minimum absolute atomic E-state index is 0.0642. The first-order valence-electron chi connectivity index (χ1n) is 8.31. The molecule has 0 unspecified atom stereocenters. The van der Waals surface area contributed by atoms with Crippen LogP contribution in [0.3, 0.4) is 0 Å². The highest BCUT2D eigenvalue weighted by Gasteiger charge is 2.22. The quantitative estimate of drug-likeness (QED) is 0.833. The molecule has 5 nitrogen and oxygen atoms in total. The standard InChI is InChI=1S/C18H23N3O2/c1-2-3-4-11-23-16-7-5-14(6-8-16)18(22)21-10-9-17-15(13-21)12-19-20-17/h5-8,12H,2-4,9-11,13H2,1H3,(H,19,20). The summed E-state index contributed by atoms with van der Waals surface area (Å²) in [6, 6.07) is 7.46. The predicted molar refractivity (Wildman–Crippen MR) is 88.5 cm³/mol. The second kappa shape index (κ2) is 7.31. The summed E-state index contributed by atoms with van der Waals surface area (Å²) in [4.78, 5) is 14.5. The summed E-state index contributed by atoms with van der Waals surface area (Å²) in [7, 11) is 0. The Bertz CT molecular complexity index is 649. The third kappa shape index (κ3) is 3.73. The van der Waals surface area contributed by atoms with E-state index in [2.05, 4.69) is 17.1 Å². The minimum atomic E-state index is 0.0642. The van der Waals surface area contributed by atoms with Crippen LogP contribution in [0.1, 0.15) is 47.8 Å². The van der Waals surface area contributed by atoms with Gasteiger partial charge < -0.3 is 9.64 Å². The number of ether oxygens (including phenoxy) is 1. The summed E-state index contributed by atoms with van der Waals surface area (Å²) in [6.45, 7) is 4.26. The van der Waals surface area contributed by atoms with Crippen LogP contribution in [0.5, 0.6) is 5.75 Å². The largest absolute Gasteiger partial charge is 0.494 e. The van der Waals surface area contributed by atoms with Gasteiger partial charge in [-0.1, -0.05) is 19.8 Å². The summed E-state index contributed by atoms with van der Waals surface area (Å²) >= 11 is 0. The molecule has 0 fully saturated rings. The molecule has 0 atom stereocenters. The van der Waals surface area contributed by atoms with Crippen molar-refractivity contribution in [2.24, 2.45) is 0 Å². The average Bonchev–Trinajstić information content (AvgIpc) is 3.06. The number of carbonyl (C=O) groups excluding carboxylic acids is 1. The van der Waals surface area contributed by atoms with Crippen molar-refractivity contribution in [1.82, 2.24) is 15.1 Å². The Balaban J connectivity index is 1.58. The number of hydrogen-bond donors (Lipinski definition) is 1. The maximum absolute atomic E-state index is 12.6. The lowest BCUT2D eigenvalue weighted by molar-refractivity contribution is 0.0734. The van der Waals surface area contributed by atoms with Crippen molar-refractivity contribution in [1.29, 1.82) is 0 Å². The zero-order valence-electron chi connectivity index (χ0n) is 13.5. The zero-order valence-corrected chi connectivity index (χ0v) is 13.5. The molecular formula is C18H23N3O2. The van der Waals surface area contributed by atoms with Gasteiger partial charge in [0.15, 0.2) is 0 Å². The number of aromatic amines is 1. The number of hydrogen-bond acceptors (Lipinski definition) is 3. The third-order valence-electron chi connectivity index (χ3n) is 4.21. The van der Waals surface area contributed by atoms with E-state index in [1.807, 2.05) is 35.4 Å². The van der Waals surface area contributed by atoms with E-state index < -0.39 is 0 Å². The smallest absolute Gasteiger partial charge is 0.254 e. The van der Waals surface area contributed by atoms with Gasteiger partial charge in [0.25, 0.3) is 5.91 Å². The SMILES string of the molecule is CCCCCOc1ccc(C(=O)N2CCc3[nH]ncc3C2)cc1. The van der Waals surface area contributed by atoms with Crippen LogP contribution in [0.15, 0.2) is 30.5 Å². The minimum Gasteiger partial charge on any atom is -0.494 e. The van der Waals surface area contributed by atoms with Crippen molar-refractivity contribution in [3.8, 4) is 5.75 Å². The van der Waals surface area contributed by atoms with E-state index >= 15 is 0 Å². The summed E-state index contributed by atoms with van der Waals surface area (Å²) in [5, 5.41) is 7.03. The molecule has 122 valence electrons. The molecule has 1 aromatic carbocycles. The van der Waals surface area contributed by atoms with Crippen LogP contribution in [0, 0.1) is 0 Å². The first-order chi connectivity index (χ1) is 11.3. The Morgan fingerprint density at radius 2 is 2.13 bits per heavy atom. The monoisotopic (exact) mass is 313 g/mol. The van der Waals surface area contributed by atoms with E-state index in [4.69, 9.17) is 4.74 Å². The number of nitrogens with zero attached hydrogens (tertiary/aromatic N) is 2. The molecule has 1 aliphatic heterocycles. The summed E-state index contributed by atoms with van der Waals surface area (Å²) in [5.41, 5.74) is 2.96. The molecule has 1 amide bonds. The lowest BCUT2D eigenvalue weighted by atomic mass is 10.1. The molecule has 1 aliphatic rings. The zero-order chi connectivity index (χ0) is 16.1. The van der Waals surface area contributed by atoms with E-state index in [0.717, 1.165) is 43.0 Å². The topological polar surface area (TPSA) is 58.2 Å². The Kier molecular flexibility index (Phi) is 4.95. The first kappa shape index (κ1) is 15.6. The van der Waals surface area contributed by atoms with Gasteiger partial charge in [0.05, 0.1) is 12.8 Å². The van der Waals surface area contributed by atoms with Crippen LogP contribution in [0.25, 0.3) is 0 Å². The second-order valence-corrected chi connectivity index (χ2v) is 5.93. The highest BCUT2D eigenvalue weighted by Crippen LogP contribution is 2.20. The number of benzene rings is 1. The lowest BCUT2D eigenvalue weighted by Gasteiger charge is -2.26. The van der Waals surface area contributed by atoms with Gasteiger partial charge in [-0.2, -0.15) is 5.10 Å². The van der Waals surface area contributed by atoms with Crippen LogP contribution in [-0.4, -0.2) is 34.2 Å². The molecule has 5 heteroatoms. The molecule has 0 radical (unpaired) electrons. The van der Waals surface area contributed by atoms with Gasteiger partial charge in [-0.15, -0.1) is 0 Å². The van der Waals surface area contributed by atoms with Crippen LogP contribution in [0.2, 0.25) is 0 Å². The second-order valence-electron chi connectivity index (χ2n) is 5.93. The molecule has 0 saturated heterocycles. The number of nitrogens with one attached hydrogen (secondary N) is 1. The molecule has 2 heterocycles. The summed E-state index contributed by atoms with van der Waals surface area (Å²) < 4.78 is 5.69. The number of unbranched alkanes of at least 4 members (excludes halogenated alkanes) is 2. The van der Waals surface area contributed by atoms with Gasteiger partial charge in [0.2, 0.25) is 0 Å². The average molecular weight is 313 g/mol. The van der Waals surface area contributed by atoms with Crippen LogP contribution in [0.4, 0.5) is 0 Å². The molecule has 1 N–H and O–H groups in total.